The van der Waals surface area contributed by atoms with E-state index in [1.807, 2.05) is 29.2 Å². The third-order valence-electron chi connectivity index (χ3n) is 5.60. The Morgan fingerprint density at radius 2 is 1.92 bits per heavy atom. The molecule has 2 aliphatic heterocycles. The number of piperidine rings is 1. The van der Waals surface area contributed by atoms with Crippen LogP contribution < -0.4 is 15.0 Å². The molecule has 4 rings (SSSR count). The molecule has 1 aromatic rings. The number of fused-ring (bicyclic) bond motifs is 1. The molecule has 0 radical (unpaired) electrons. The topological polar surface area (TPSA) is 61.9 Å². The number of anilines is 1. The Hall–Kier alpha value is -2.08. The first-order valence-corrected chi connectivity index (χ1v) is 9.74. The third-order valence-corrected chi connectivity index (χ3v) is 5.60. The maximum Gasteiger partial charge on any atom is 0.265 e. The van der Waals surface area contributed by atoms with Gasteiger partial charge in [-0.1, -0.05) is 12.1 Å². The monoisotopic (exact) mass is 357 g/mol. The minimum atomic E-state index is -0.0838. The molecule has 0 unspecified atom stereocenters. The molecular weight excluding hydrogens is 330 g/mol. The SMILES string of the molecule is O=C(CCN1C(=O)COc2ccccc21)N1CCC(NCC2CC2)CC1. The molecule has 2 amide bonds. The van der Waals surface area contributed by atoms with Gasteiger partial charge in [-0.25, -0.2) is 0 Å². The number of amides is 2. The van der Waals surface area contributed by atoms with Gasteiger partial charge in [0.2, 0.25) is 5.91 Å². The van der Waals surface area contributed by atoms with Gasteiger partial charge in [-0.3, -0.25) is 9.59 Å². The fourth-order valence-corrected chi connectivity index (χ4v) is 3.75. The molecule has 2 fully saturated rings. The summed E-state index contributed by atoms with van der Waals surface area (Å²) in [4.78, 5) is 28.4. The van der Waals surface area contributed by atoms with Gasteiger partial charge in [-0.2, -0.15) is 0 Å². The fraction of sp³-hybridized carbons (Fsp3) is 0.600. The highest BCUT2D eigenvalue weighted by Crippen LogP contribution is 2.31. The zero-order chi connectivity index (χ0) is 17.9. The number of carbonyl (C=O) groups excluding carboxylic acids is 2. The molecule has 0 spiro atoms. The first kappa shape index (κ1) is 17.3. The van der Waals surface area contributed by atoms with Crippen LogP contribution in [0.1, 0.15) is 32.1 Å². The Morgan fingerprint density at radius 3 is 2.69 bits per heavy atom. The average molecular weight is 357 g/mol. The van der Waals surface area contributed by atoms with Crippen molar-refractivity contribution in [2.45, 2.75) is 38.1 Å². The Bertz CT molecular complexity index is 666. The molecule has 3 aliphatic rings. The van der Waals surface area contributed by atoms with Crippen molar-refractivity contribution in [1.29, 1.82) is 0 Å². The number of nitrogens with one attached hydrogen (secondary N) is 1. The van der Waals surface area contributed by atoms with Gasteiger partial charge in [-0.05, 0) is 50.3 Å². The first-order valence-electron chi connectivity index (χ1n) is 9.74. The Labute approximate surface area is 154 Å². The zero-order valence-electron chi connectivity index (χ0n) is 15.2. The molecule has 1 aromatic carbocycles. The second-order valence-electron chi connectivity index (χ2n) is 7.56. The van der Waals surface area contributed by atoms with E-state index in [0.717, 1.165) is 44.1 Å². The molecule has 1 saturated heterocycles. The number of benzene rings is 1. The highest BCUT2D eigenvalue weighted by atomic mass is 16.5. The van der Waals surface area contributed by atoms with Crippen LogP contribution in [0.4, 0.5) is 5.69 Å². The molecule has 2 heterocycles. The highest BCUT2D eigenvalue weighted by molar-refractivity contribution is 5.98. The van der Waals surface area contributed by atoms with Gasteiger partial charge in [0.1, 0.15) is 5.75 Å². The van der Waals surface area contributed by atoms with E-state index in [0.29, 0.717) is 24.8 Å². The summed E-state index contributed by atoms with van der Waals surface area (Å²) in [5.74, 6) is 1.66. The van der Waals surface area contributed by atoms with E-state index >= 15 is 0 Å². The second-order valence-corrected chi connectivity index (χ2v) is 7.56. The second kappa shape index (κ2) is 7.66. The van der Waals surface area contributed by atoms with Crippen LogP contribution >= 0.6 is 0 Å². The van der Waals surface area contributed by atoms with Crippen LogP contribution in [-0.2, 0) is 9.59 Å². The fourth-order valence-electron chi connectivity index (χ4n) is 3.75. The van der Waals surface area contributed by atoms with E-state index in [9.17, 15) is 9.59 Å². The summed E-state index contributed by atoms with van der Waals surface area (Å²) in [6.45, 7) is 3.22. The van der Waals surface area contributed by atoms with Gasteiger partial charge in [0, 0.05) is 32.1 Å². The normalized spacial score (nSPS) is 20.7. The number of carbonyl (C=O) groups is 2. The van der Waals surface area contributed by atoms with Gasteiger partial charge < -0.3 is 19.9 Å². The number of hydrogen-bond donors (Lipinski definition) is 1. The predicted octanol–water partition coefficient (Wildman–Crippen LogP) is 1.79. The standard InChI is InChI=1S/C20H27N3O3/c24-19(22-10-7-16(8-11-22)21-13-15-5-6-15)9-12-23-17-3-1-2-4-18(17)26-14-20(23)25/h1-4,15-16,21H,5-14H2. The molecule has 26 heavy (non-hydrogen) atoms. The van der Waals surface area contributed by atoms with E-state index in [2.05, 4.69) is 5.32 Å². The van der Waals surface area contributed by atoms with Crippen molar-refractivity contribution in [3.63, 3.8) is 0 Å². The van der Waals surface area contributed by atoms with Crippen LogP contribution in [-0.4, -0.2) is 55.5 Å². The van der Waals surface area contributed by atoms with Crippen molar-refractivity contribution in [3.05, 3.63) is 24.3 Å². The lowest BCUT2D eigenvalue weighted by Gasteiger charge is -2.34. The van der Waals surface area contributed by atoms with E-state index in [1.165, 1.54) is 12.8 Å². The number of para-hydroxylation sites is 2. The summed E-state index contributed by atoms with van der Waals surface area (Å²) in [6, 6.07) is 8.05. The maximum atomic E-state index is 12.6. The van der Waals surface area contributed by atoms with Gasteiger partial charge in [0.05, 0.1) is 5.69 Å². The molecular formula is C20H27N3O3. The zero-order valence-corrected chi connectivity index (χ0v) is 15.2. The summed E-state index contributed by atoms with van der Waals surface area (Å²) < 4.78 is 5.45. The maximum absolute atomic E-state index is 12.6. The Balaban J connectivity index is 1.26. The first-order chi connectivity index (χ1) is 12.7. The summed E-state index contributed by atoms with van der Waals surface area (Å²) >= 11 is 0. The average Bonchev–Trinajstić information content (AvgIpc) is 3.50. The summed E-state index contributed by atoms with van der Waals surface area (Å²) in [7, 11) is 0. The Kier molecular flexibility index (Phi) is 5.11. The van der Waals surface area contributed by atoms with Gasteiger partial charge in [-0.15, -0.1) is 0 Å². The smallest absolute Gasteiger partial charge is 0.265 e. The lowest BCUT2D eigenvalue weighted by molar-refractivity contribution is -0.132. The van der Waals surface area contributed by atoms with Gasteiger partial charge >= 0.3 is 0 Å². The molecule has 1 saturated carbocycles. The molecule has 140 valence electrons. The van der Waals surface area contributed by atoms with Crippen molar-refractivity contribution in [2.24, 2.45) is 5.92 Å². The van der Waals surface area contributed by atoms with Gasteiger partial charge in [0.15, 0.2) is 6.61 Å². The van der Waals surface area contributed by atoms with Crippen molar-refractivity contribution in [1.82, 2.24) is 10.2 Å². The lowest BCUT2D eigenvalue weighted by Crippen LogP contribution is -2.46. The van der Waals surface area contributed by atoms with Crippen LogP contribution in [0, 0.1) is 5.92 Å². The number of rotatable bonds is 6. The van der Waals surface area contributed by atoms with Crippen molar-refractivity contribution >= 4 is 17.5 Å². The van der Waals surface area contributed by atoms with Crippen molar-refractivity contribution in [2.75, 3.05) is 37.7 Å². The molecule has 1 N–H and O–H groups in total. The van der Waals surface area contributed by atoms with E-state index < -0.39 is 0 Å². The summed E-state index contributed by atoms with van der Waals surface area (Å²) in [5, 5.41) is 3.64. The number of nitrogens with zero attached hydrogens (tertiary/aromatic N) is 2. The number of ether oxygens (including phenoxy) is 1. The minimum Gasteiger partial charge on any atom is -0.482 e. The molecule has 6 nitrogen and oxygen atoms in total. The van der Waals surface area contributed by atoms with Crippen molar-refractivity contribution < 1.29 is 14.3 Å². The Morgan fingerprint density at radius 1 is 1.15 bits per heavy atom. The summed E-state index contributed by atoms with van der Waals surface area (Å²) in [6.07, 6.45) is 5.15. The third kappa shape index (κ3) is 4.01. The van der Waals surface area contributed by atoms with Crippen LogP contribution in [0.5, 0.6) is 5.75 Å². The number of likely N-dealkylation sites (tertiary alicyclic amines) is 1. The number of hydrogen-bond acceptors (Lipinski definition) is 4. The van der Waals surface area contributed by atoms with E-state index in [4.69, 9.17) is 4.74 Å². The van der Waals surface area contributed by atoms with Crippen molar-refractivity contribution in [3.8, 4) is 5.75 Å². The molecule has 0 bridgehead atoms. The van der Waals surface area contributed by atoms with Crippen LogP contribution in [0.15, 0.2) is 24.3 Å². The minimum absolute atomic E-state index is 0.0449. The molecule has 6 heteroatoms. The van der Waals surface area contributed by atoms with Crippen LogP contribution in [0.2, 0.25) is 0 Å². The predicted molar refractivity (Wildman–Crippen MR) is 99.2 cm³/mol. The quantitative estimate of drug-likeness (QED) is 0.843. The molecule has 1 aliphatic carbocycles. The van der Waals surface area contributed by atoms with Crippen LogP contribution in [0.3, 0.4) is 0 Å². The summed E-state index contributed by atoms with van der Waals surface area (Å²) in [5.41, 5.74) is 0.763. The molecule has 0 aromatic heterocycles. The lowest BCUT2D eigenvalue weighted by atomic mass is 10.0. The van der Waals surface area contributed by atoms with Gasteiger partial charge in [0.25, 0.3) is 5.91 Å². The highest BCUT2D eigenvalue weighted by Gasteiger charge is 2.28. The van der Waals surface area contributed by atoms with E-state index in [-0.39, 0.29) is 18.4 Å². The van der Waals surface area contributed by atoms with E-state index in [1.54, 1.807) is 4.90 Å². The largest absolute Gasteiger partial charge is 0.482 e. The molecule has 0 atom stereocenters. The van der Waals surface area contributed by atoms with Crippen LogP contribution in [0.25, 0.3) is 0 Å².